The summed E-state index contributed by atoms with van der Waals surface area (Å²) in [5.41, 5.74) is 0.907. The lowest BCUT2D eigenvalue weighted by Crippen LogP contribution is -2.17. The Kier molecular flexibility index (Phi) is 3.20. The van der Waals surface area contributed by atoms with Gasteiger partial charge in [0.15, 0.2) is 5.13 Å². The number of carboxylic acids is 1. The number of carbonyl (C=O) groups is 1. The first-order valence-corrected chi connectivity index (χ1v) is 6.05. The molecule has 2 rings (SSSR count). The number of anilines is 1. The smallest absolute Gasteiger partial charge is 0.303 e. The van der Waals surface area contributed by atoms with E-state index in [0.29, 0.717) is 6.42 Å². The molecule has 1 aliphatic rings. The standard InChI is InChI=1S/C10H14N2O2S/c13-9(14)4-3-8-7-15-10(11-8)12-5-1-2-6-12/h7H,1-6H2,(H,13,14). The molecule has 0 saturated carbocycles. The molecule has 0 aromatic carbocycles. The highest BCUT2D eigenvalue weighted by Crippen LogP contribution is 2.24. The van der Waals surface area contributed by atoms with Crippen LogP contribution in [0.4, 0.5) is 5.13 Å². The summed E-state index contributed by atoms with van der Waals surface area (Å²) in [6, 6.07) is 0. The minimum Gasteiger partial charge on any atom is -0.481 e. The van der Waals surface area contributed by atoms with Crippen LogP contribution in [0.5, 0.6) is 0 Å². The quantitative estimate of drug-likeness (QED) is 0.850. The van der Waals surface area contributed by atoms with Gasteiger partial charge in [0.2, 0.25) is 0 Å². The molecular formula is C10H14N2O2S. The van der Waals surface area contributed by atoms with E-state index in [1.54, 1.807) is 11.3 Å². The van der Waals surface area contributed by atoms with Crippen LogP contribution < -0.4 is 4.90 Å². The number of hydrogen-bond donors (Lipinski definition) is 1. The molecule has 0 spiro atoms. The highest BCUT2D eigenvalue weighted by molar-refractivity contribution is 7.13. The van der Waals surface area contributed by atoms with Gasteiger partial charge >= 0.3 is 5.97 Å². The fourth-order valence-corrected chi connectivity index (χ4v) is 2.61. The van der Waals surface area contributed by atoms with E-state index in [0.717, 1.165) is 23.9 Å². The molecule has 1 fully saturated rings. The molecule has 1 aromatic rings. The molecule has 0 unspecified atom stereocenters. The Morgan fingerprint density at radius 1 is 1.53 bits per heavy atom. The van der Waals surface area contributed by atoms with Gasteiger partial charge in [-0.25, -0.2) is 4.98 Å². The zero-order valence-electron chi connectivity index (χ0n) is 8.48. The minimum atomic E-state index is -0.759. The van der Waals surface area contributed by atoms with Gasteiger partial charge in [0.1, 0.15) is 0 Å². The van der Waals surface area contributed by atoms with E-state index in [1.165, 1.54) is 12.8 Å². The van der Waals surface area contributed by atoms with Gasteiger partial charge in [-0.05, 0) is 12.8 Å². The summed E-state index contributed by atoms with van der Waals surface area (Å²) < 4.78 is 0. The number of thiazole rings is 1. The van der Waals surface area contributed by atoms with E-state index < -0.39 is 5.97 Å². The number of carboxylic acid groups (broad SMARTS) is 1. The Morgan fingerprint density at radius 3 is 2.93 bits per heavy atom. The second-order valence-corrected chi connectivity index (χ2v) is 4.55. The molecule has 0 atom stereocenters. The van der Waals surface area contributed by atoms with Crippen molar-refractivity contribution in [2.45, 2.75) is 25.7 Å². The van der Waals surface area contributed by atoms with Crippen molar-refractivity contribution in [3.8, 4) is 0 Å². The average Bonchev–Trinajstić information content (AvgIpc) is 2.85. The van der Waals surface area contributed by atoms with E-state index in [-0.39, 0.29) is 6.42 Å². The molecule has 0 bridgehead atoms. The Bertz CT molecular complexity index is 345. The zero-order chi connectivity index (χ0) is 10.7. The second kappa shape index (κ2) is 4.61. The molecular weight excluding hydrogens is 212 g/mol. The van der Waals surface area contributed by atoms with E-state index in [4.69, 9.17) is 5.11 Å². The largest absolute Gasteiger partial charge is 0.481 e. The topological polar surface area (TPSA) is 53.4 Å². The van der Waals surface area contributed by atoms with E-state index in [1.807, 2.05) is 5.38 Å². The van der Waals surface area contributed by atoms with Crippen LogP contribution in [-0.4, -0.2) is 29.1 Å². The first kappa shape index (κ1) is 10.4. The van der Waals surface area contributed by atoms with Crippen LogP contribution in [0.25, 0.3) is 0 Å². The highest BCUT2D eigenvalue weighted by Gasteiger charge is 2.15. The van der Waals surface area contributed by atoms with Gasteiger partial charge in [-0.2, -0.15) is 0 Å². The number of nitrogens with zero attached hydrogens (tertiary/aromatic N) is 2. The monoisotopic (exact) mass is 226 g/mol. The predicted octanol–water partition coefficient (Wildman–Crippen LogP) is 1.76. The first-order valence-electron chi connectivity index (χ1n) is 5.17. The Hall–Kier alpha value is -1.10. The van der Waals surface area contributed by atoms with Crippen molar-refractivity contribution in [2.75, 3.05) is 18.0 Å². The SMILES string of the molecule is O=C(O)CCc1csc(N2CCCC2)n1. The van der Waals surface area contributed by atoms with Gasteiger partial charge in [-0.15, -0.1) is 11.3 Å². The summed E-state index contributed by atoms with van der Waals surface area (Å²) in [5.74, 6) is -0.759. The summed E-state index contributed by atoms with van der Waals surface area (Å²) >= 11 is 1.62. The van der Waals surface area contributed by atoms with Gasteiger partial charge in [-0.1, -0.05) is 0 Å². The van der Waals surface area contributed by atoms with Crippen molar-refractivity contribution in [3.63, 3.8) is 0 Å². The number of aliphatic carboxylic acids is 1. The molecule has 1 saturated heterocycles. The fraction of sp³-hybridized carbons (Fsp3) is 0.600. The molecule has 15 heavy (non-hydrogen) atoms. The Labute approximate surface area is 92.6 Å². The molecule has 1 aromatic heterocycles. The third-order valence-electron chi connectivity index (χ3n) is 2.51. The van der Waals surface area contributed by atoms with E-state index in [9.17, 15) is 4.79 Å². The lowest BCUT2D eigenvalue weighted by molar-refractivity contribution is -0.136. The van der Waals surface area contributed by atoms with Gasteiger partial charge in [0.05, 0.1) is 12.1 Å². The van der Waals surface area contributed by atoms with Crippen molar-refractivity contribution < 1.29 is 9.90 Å². The Morgan fingerprint density at radius 2 is 2.27 bits per heavy atom. The van der Waals surface area contributed by atoms with Gasteiger partial charge < -0.3 is 10.0 Å². The normalized spacial score (nSPS) is 15.9. The molecule has 0 radical (unpaired) electrons. The fourth-order valence-electron chi connectivity index (χ4n) is 1.70. The van der Waals surface area contributed by atoms with Crippen LogP contribution in [-0.2, 0) is 11.2 Å². The van der Waals surface area contributed by atoms with E-state index in [2.05, 4.69) is 9.88 Å². The van der Waals surface area contributed by atoms with Crippen molar-refractivity contribution in [1.82, 2.24) is 4.98 Å². The third-order valence-corrected chi connectivity index (χ3v) is 3.46. The van der Waals surface area contributed by atoms with Crippen LogP contribution >= 0.6 is 11.3 Å². The number of aromatic nitrogens is 1. The summed E-state index contributed by atoms with van der Waals surface area (Å²) in [7, 11) is 0. The molecule has 5 heteroatoms. The zero-order valence-corrected chi connectivity index (χ0v) is 9.29. The van der Waals surface area contributed by atoms with Crippen LogP contribution in [0.15, 0.2) is 5.38 Å². The maximum absolute atomic E-state index is 10.4. The van der Waals surface area contributed by atoms with Crippen molar-refractivity contribution in [1.29, 1.82) is 0 Å². The van der Waals surface area contributed by atoms with Crippen LogP contribution in [0.3, 0.4) is 0 Å². The lowest BCUT2D eigenvalue weighted by Gasteiger charge is -2.12. The predicted molar refractivity (Wildman–Crippen MR) is 59.5 cm³/mol. The number of aryl methyl sites for hydroxylation is 1. The summed E-state index contributed by atoms with van der Waals surface area (Å²) in [5, 5.41) is 11.6. The number of hydrogen-bond acceptors (Lipinski definition) is 4. The molecule has 1 aliphatic heterocycles. The van der Waals surface area contributed by atoms with Crippen LogP contribution in [0, 0.1) is 0 Å². The first-order chi connectivity index (χ1) is 7.25. The summed E-state index contributed by atoms with van der Waals surface area (Å²) in [6.45, 7) is 2.18. The maximum atomic E-state index is 10.4. The molecule has 0 amide bonds. The second-order valence-electron chi connectivity index (χ2n) is 3.71. The molecule has 82 valence electrons. The maximum Gasteiger partial charge on any atom is 0.303 e. The molecule has 0 aliphatic carbocycles. The highest BCUT2D eigenvalue weighted by atomic mass is 32.1. The van der Waals surface area contributed by atoms with Crippen molar-refractivity contribution in [3.05, 3.63) is 11.1 Å². The van der Waals surface area contributed by atoms with Crippen LogP contribution in [0.1, 0.15) is 25.0 Å². The molecule has 4 nitrogen and oxygen atoms in total. The van der Waals surface area contributed by atoms with Crippen molar-refractivity contribution >= 4 is 22.4 Å². The van der Waals surface area contributed by atoms with Crippen LogP contribution in [0.2, 0.25) is 0 Å². The van der Waals surface area contributed by atoms with Gasteiger partial charge in [0.25, 0.3) is 0 Å². The molecule has 1 N–H and O–H groups in total. The average molecular weight is 226 g/mol. The van der Waals surface area contributed by atoms with E-state index >= 15 is 0 Å². The minimum absolute atomic E-state index is 0.170. The summed E-state index contributed by atoms with van der Waals surface area (Å²) in [4.78, 5) is 17.1. The van der Waals surface area contributed by atoms with Gasteiger partial charge in [0, 0.05) is 24.9 Å². The van der Waals surface area contributed by atoms with Gasteiger partial charge in [-0.3, -0.25) is 4.79 Å². The summed E-state index contributed by atoms with van der Waals surface area (Å²) in [6.07, 6.45) is 3.19. The Balaban J connectivity index is 1.94. The number of rotatable bonds is 4. The van der Waals surface area contributed by atoms with Crippen molar-refractivity contribution in [2.24, 2.45) is 0 Å². The molecule has 2 heterocycles. The third kappa shape index (κ3) is 2.68. The lowest BCUT2D eigenvalue weighted by atomic mass is 10.2.